The molecule has 0 atom stereocenters. The maximum Gasteiger partial charge on any atom is -0.0132 e. The Hall–Kier alpha value is -0.520. The molecule has 0 N–H and O–H groups in total. The standard InChI is InChI=1S/C12H20/c1-9-7-6-8-11(10(9)2)12(3,4)5/h8H,6-7H2,1-5H3. The molecule has 0 heterocycles. The number of allylic oxidation sites excluding steroid dienone is 4. The van der Waals surface area contributed by atoms with Gasteiger partial charge >= 0.3 is 0 Å². The molecule has 0 saturated carbocycles. The molecule has 0 spiro atoms. The Kier molecular flexibility index (Phi) is 2.46. The zero-order valence-corrected chi connectivity index (χ0v) is 8.99. The van der Waals surface area contributed by atoms with Crippen LogP contribution in [0.5, 0.6) is 0 Å². The van der Waals surface area contributed by atoms with Crippen LogP contribution in [0.15, 0.2) is 22.8 Å². The Morgan fingerprint density at radius 2 is 1.75 bits per heavy atom. The molecule has 0 fully saturated rings. The van der Waals surface area contributed by atoms with E-state index in [1.165, 1.54) is 18.4 Å². The van der Waals surface area contributed by atoms with Crippen LogP contribution in [0.3, 0.4) is 0 Å². The fourth-order valence-electron chi connectivity index (χ4n) is 1.87. The minimum Gasteiger partial charge on any atom is -0.0802 e. The summed E-state index contributed by atoms with van der Waals surface area (Å²) < 4.78 is 0. The first-order valence-corrected chi connectivity index (χ1v) is 4.80. The lowest BCUT2D eigenvalue weighted by molar-refractivity contribution is 0.503. The normalized spacial score (nSPS) is 19.6. The Labute approximate surface area is 76.4 Å². The topological polar surface area (TPSA) is 0 Å². The number of rotatable bonds is 0. The maximum atomic E-state index is 2.41. The second-order valence-corrected chi connectivity index (χ2v) is 4.81. The van der Waals surface area contributed by atoms with Gasteiger partial charge in [0.2, 0.25) is 0 Å². The molecular weight excluding hydrogens is 144 g/mol. The first-order valence-electron chi connectivity index (χ1n) is 4.80. The third-order valence-corrected chi connectivity index (χ3v) is 2.72. The van der Waals surface area contributed by atoms with E-state index in [2.05, 4.69) is 40.7 Å². The summed E-state index contributed by atoms with van der Waals surface area (Å²) in [5.74, 6) is 0. The van der Waals surface area contributed by atoms with Crippen molar-refractivity contribution < 1.29 is 0 Å². The number of hydrogen-bond donors (Lipinski definition) is 0. The third kappa shape index (κ3) is 1.80. The third-order valence-electron chi connectivity index (χ3n) is 2.72. The molecule has 0 amide bonds. The van der Waals surface area contributed by atoms with Crippen molar-refractivity contribution >= 4 is 0 Å². The summed E-state index contributed by atoms with van der Waals surface area (Å²) in [5, 5.41) is 0. The fourth-order valence-corrected chi connectivity index (χ4v) is 1.87. The molecule has 0 bridgehead atoms. The molecule has 12 heavy (non-hydrogen) atoms. The van der Waals surface area contributed by atoms with E-state index in [-0.39, 0.29) is 0 Å². The minimum atomic E-state index is 0.325. The van der Waals surface area contributed by atoms with Crippen molar-refractivity contribution in [2.45, 2.75) is 47.5 Å². The van der Waals surface area contributed by atoms with Crippen LogP contribution in [-0.2, 0) is 0 Å². The van der Waals surface area contributed by atoms with E-state index in [0.717, 1.165) is 0 Å². The molecule has 0 nitrogen and oxygen atoms in total. The van der Waals surface area contributed by atoms with Crippen LogP contribution < -0.4 is 0 Å². The van der Waals surface area contributed by atoms with Crippen LogP contribution in [0.4, 0.5) is 0 Å². The van der Waals surface area contributed by atoms with Gasteiger partial charge < -0.3 is 0 Å². The summed E-state index contributed by atoms with van der Waals surface area (Å²) in [6, 6.07) is 0. The summed E-state index contributed by atoms with van der Waals surface area (Å²) in [6.45, 7) is 11.4. The van der Waals surface area contributed by atoms with Crippen LogP contribution >= 0.6 is 0 Å². The second-order valence-electron chi connectivity index (χ2n) is 4.81. The Morgan fingerprint density at radius 1 is 1.17 bits per heavy atom. The quantitative estimate of drug-likeness (QED) is 0.506. The predicted octanol–water partition coefficient (Wildman–Crippen LogP) is 4.09. The lowest BCUT2D eigenvalue weighted by Gasteiger charge is -2.28. The highest BCUT2D eigenvalue weighted by Crippen LogP contribution is 2.36. The molecule has 0 aliphatic heterocycles. The summed E-state index contributed by atoms with van der Waals surface area (Å²) in [4.78, 5) is 0. The smallest absolute Gasteiger partial charge is 0.0132 e. The first-order chi connectivity index (χ1) is 5.43. The van der Waals surface area contributed by atoms with Gasteiger partial charge in [-0.3, -0.25) is 0 Å². The summed E-state index contributed by atoms with van der Waals surface area (Å²) in [7, 11) is 0. The van der Waals surface area contributed by atoms with E-state index in [1.807, 2.05) is 0 Å². The summed E-state index contributed by atoms with van der Waals surface area (Å²) in [6.07, 6.45) is 4.89. The molecule has 0 aromatic rings. The highest BCUT2D eigenvalue weighted by Gasteiger charge is 2.21. The number of hydrogen-bond acceptors (Lipinski definition) is 0. The molecule has 0 saturated heterocycles. The van der Waals surface area contributed by atoms with Crippen LogP contribution in [-0.4, -0.2) is 0 Å². The van der Waals surface area contributed by atoms with Crippen molar-refractivity contribution in [2.75, 3.05) is 0 Å². The predicted molar refractivity (Wildman–Crippen MR) is 55.1 cm³/mol. The maximum absolute atomic E-state index is 2.41. The molecule has 0 unspecified atom stereocenters. The van der Waals surface area contributed by atoms with Crippen molar-refractivity contribution in [3.63, 3.8) is 0 Å². The SMILES string of the molecule is CC1=C(C)C(C(C)(C)C)=CCC1. The molecule has 1 rings (SSSR count). The van der Waals surface area contributed by atoms with Gasteiger partial charge in [-0.05, 0) is 43.3 Å². The monoisotopic (exact) mass is 164 g/mol. The van der Waals surface area contributed by atoms with Crippen molar-refractivity contribution in [1.82, 2.24) is 0 Å². The Bertz CT molecular complexity index is 233. The van der Waals surface area contributed by atoms with Gasteiger partial charge in [-0.25, -0.2) is 0 Å². The van der Waals surface area contributed by atoms with E-state index in [4.69, 9.17) is 0 Å². The molecule has 0 radical (unpaired) electrons. The lowest BCUT2D eigenvalue weighted by atomic mass is 9.77. The zero-order chi connectivity index (χ0) is 9.35. The van der Waals surface area contributed by atoms with E-state index >= 15 is 0 Å². The largest absolute Gasteiger partial charge is 0.0802 e. The first kappa shape index (κ1) is 9.57. The van der Waals surface area contributed by atoms with E-state index in [9.17, 15) is 0 Å². The van der Waals surface area contributed by atoms with E-state index in [1.54, 1.807) is 11.1 Å². The van der Waals surface area contributed by atoms with Gasteiger partial charge in [0, 0.05) is 0 Å². The average molecular weight is 164 g/mol. The van der Waals surface area contributed by atoms with Crippen molar-refractivity contribution in [3.8, 4) is 0 Å². The molecule has 0 aromatic carbocycles. The zero-order valence-electron chi connectivity index (χ0n) is 8.99. The Balaban J connectivity index is 3.00. The van der Waals surface area contributed by atoms with E-state index in [0.29, 0.717) is 5.41 Å². The van der Waals surface area contributed by atoms with Crippen molar-refractivity contribution in [3.05, 3.63) is 22.8 Å². The van der Waals surface area contributed by atoms with Gasteiger partial charge in [0.05, 0.1) is 0 Å². The summed E-state index contributed by atoms with van der Waals surface area (Å²) >= 11 is 0. The van der Waals surface area contributed by atoms with Gasteiger partial charge in [-0.15, -0.1) is 0 Å². The summed E-state index contributed by atoms with van der Waals surface area (Å²) in [5.41, 5.74) is 4.97. The van der Waals surface area contributed by atoms with Gasteiger partial charge in [-0.1, -0.05) is 32.4 Å². The molecule has 0 aromatic heterocycles. The van der Waals surface area contributed by atoms with Crippen LogP contribution in [0.1, 0.15) is 47.5 Å². The van der Waals surface area contributed by atoms with Crippen molar-refractivity contribution in [2.24, 2.45) is 5.41 Å². The molecule has 68 valence electrons. The van der Waals surface area contributed by atoms with Gasteiger partial charge in [0.15, 0.2) is 0 Å². The molecular formula is C12H20. The highest BCUT2D eigenvalue weighted by molar-refractivity contribution is 5.39. The molecule has 1 aliphatic rings. The second kappa shape index (κ2) is 3.08. The van der Waals surface area contributed by atoms with Gasteiger partial charge in [0.25, 0.3) is 0 Å². The molecule has 0 heteroatoms. The Morgan fingerprint density at radius 3 is 2.17 bits per heavy atom. The van der Waals surface area contributed by atoms with Crippen LogP contribution in [0, 0.1) is 5.41 Å². The minimum absolute atomic E-state index is 0.325. The highest BCUT2D eigenvalue weighted by atomic mass is 14.3. The average Bonchev–Trinajstić information content (AvgIpc) is 1.92. The van der Waals surface area contributed by atoms with Crippen LogP contribution in [0.2, 0.25) is 0 Å². The molecule has 1 aliphatic carbocycles. The lowest BCUT2D eigenvalue weighted by Crippen LogP contribution is -2.13. The van der Waals surface area contributed by atoms with E-state index < -0.39 is 0 Å². The van der Waals surface area contributed by atoms with Gasteiger partial charge in [0.1, 0.15) is 0 Å². The fraction of sp³-hybridized carbons (Fsp3) is 0.667. The van der Waals surface area contributed by atoms with Crippen molar-refractivity contribution in [1.29, 1.82) is 0 Å². The van der Waals surface area contributed by atoms with Gasteiger partial charge in [-0.2, -0.15) is 0 Å². The van der Waals surface area contributed by atoms with Crippen LogP contribution in [0.25, 0.3) is 0 Å².